The van der Waals surface area contributed by atoms with E-state index < -0.39 is 5.97 Å². The molecule has 2 atom stereocenters. The number of nitrogens with one attached hydrogen (secondary N) is 1. The fraction of sp³-hybridized carbons (Fsp3) is 0.545. The van der Waals surface area contributed by atoms with Crippen LogP contribution in [0.15, 0.2) is 22.8 Å². The number of hydrogen-bond acceptors (Lipinski definition) is 3. The van der Waals surface area contributed by atoms with Crippen molar-refractivity contribution in [3.63, 3.8) is 0 Å². The Bertz CT molecular complexity index is 295. The SMILES string of the molecule is CCC(C(=O)O)C(C)NCc1ccco1. The predicted molar refractivity (Wildman–Crippen MR) is 56.4 cm³/mol. The fourth-order valence-electron chi connectivity index (χ4n) is 1.56. The van der Waals surface area contributed by atoms with E-state index in [1.54, 1.807) is 6.26 Å². The molecule has 4 nitrogen and oxygen atoms in total. The number of carboxylic acids is 1. The molecular weight excluding hydrogens is 194 g/mol. The molecule has 0 fully saturated rings. The Morgan fingerprint density at radius 2 is 2.40 bits per heavy atom. The lowest BCUT2D eigenvalue weighted by atomic mass is 9.98. The van der Waals surface area contributed by atoms with Crippen molar-refractivity contribution in [1.82, 2.24) is 5.32 Å². The lowest BCUT2D eigenvalue weighted by Gasteiger charge is -2.19. The largest absolute Gasteiger partial charge is 0.481 e. The van der Waals surface area contributed by atoms with E-state index in [0.717, 1.165) is 5.76 Å². The summed E-state index contributed by atoms with van der Waals surface area (Å²) in [5, 5.41) is 12.1. The highest BCUT2D eigenvalue weighted by Crippen LogP contribution is 2.09. The van der Waals surface area contributed by atoms with E-state index in [2.05, 4.69) is 5.32 Å². The molecule has 0 amide bonds. The average molecular weight is 211 g/mol. The fourth-order valence-corrected chi connectivity index (χ4v) is 1.56. The van der Waals surface area contributed by atoms with Gasteiger partial charge >= 0.3 is 5.97 Å². The number of carbonyl (C=O) groups is 1. The van der Waals surface area contributed by atoms with E-state index in [9.17, 15) is 4.79 Å². The summed E-state index contributed by atoms with van der Waals surface area (Å²) in [6.07, 6.45) is 2.23. The maximum Gasteiger partial charge on any atom is 0.308 e. The van der Waals surface area contributed by atoms with Crippen LogP contribution in [0.2, 0.25) is 0 Å². The van der Waals surface area contributed by atoms with Gasteiger partial charge in [0.15, 0.2) is 0 Å². The van der Waals surface area contributed by atoms with E-state index in [4.69, 9.17) is 9.52 Å². The minimum atomic E-state index is -0.753. The smallest absolute Gasteiger partial charge is 0.308 e. The molecule has 2 N–H and O–H groups in total. The molecule has 15 heavy (non-hydrogen) atoms. The molecule has 0 aliphatic carbocycles. The van der Waals surface area contributed by atoms with E-state index in [1.165, 1.54) is 0 Å². The van der Waals surface area contributed by atoms with Gasteiger partial charge in [-0.25, -0.2) is 0 Å². The van der Waals surface area contributed by atoms with Crippen molar-refractivity contribution in [2.45, 2.75) is 32.9 Å². The van der Waals surface area contributed by atoms with Gasteiger partial charge in [-0.2, -0.15) is 0 Å². The van der Waals surface area contributed by atoms with Crippen LogP contribution in [0.4, 0.5) is 0 Å². The van der Waals surface area contributed by atoms with Gasteiger partial charge in [-0.1, -0.05) is 6.92 Å². The summed E-state index contributed by atoms with van der Waals surface area (Å²) in [7, 11) is 0. The Morgan fingerprint density at radius 1 is 1.67 bits per heavy atom. The lowest BCUT2D eigenvalue weighted by Crippen LogP contribution is -2.37. The van der Waals surface area contributed by atoms with E-state index in [1.807, 2.05) is 26.0 Å². The van der Waals surface area contributed by atoms with Gasteiger partial charge in [0, 0.05) is 6.04 Å². The Morgan fingerprint density at radius 3 is 2.87 bits per heavy atom. The zero-order valence-electron chi connectivity index (χ0n) is 9.06. The molecule has 0 spiro atoms. The van der Waals surface area contributed by atoms with Gasteiger partial charge in [-0.05, 0) is 25.5 Å². The topological polar surface area (TPSA) is 62.5 Å². The number of hydrogen-bond donors (Lipinski definition) is 2. The zero-order valence-corrected chi connectivity index (χ0v) is 9.06. The average Bonchev–Trinajstić information content (AvgIpc) is 2.67. The van der Waals surface area contributed by atoms with Gasteiger partial charge in [0.2, 0.25) is 0 Å². The Hall–Kier alpha value is -1.29. The molecule has 0 aliphatic rings. The second kappa shape index (κ2) is 5.56. The Kier molecular flexibility index (Phi) is 4.37. The van der Waals surface area contributed by atoms with Crippen LogP contribution in [-0.2, 0) is 11.3 Å². The van der Waals surface area contributed by atoms with Crippen LogP contribution in [0, 0.1) is 5.92 Å². The van der Waals surface area contributed by atoms with Crippen LogP contribution in [-0.4, -0.2) is 17.1 Å². The zero-order chi connectivity index (χ0) is 11.3. The molecule has 4 heteroatoms. The normalized spacial score (nSPS) is 14.8. The van der Waals surface area contributed by atoms with Gasteiger partial charge < -0.3 is 14.8 Å². The Labute approximate surface area is 89.3 Å². The van der Waals surface area contributed by atoms with Crippen LogP contribution in [0.25, 0.3) is 0 Å². The summed E-state index contributed by atoms with van der Waals surface area (Å²) < 4.78 is 5.15. The standard InChI is InChI=1S/C11H17NO3/c1-3-10(11(13)14)8(2)12-7-9-5-4-6-15-9/h4-6,8,10,12H,3,7H2,1-2H3,(H,13,14). The first-order valence-corrected chi connectivity index (χ1v) is 5.13. The van der Waals surface area contributed by atoms with Gasteiger partial charge in [0.25, 0.3) is 0 Å². The van der Waals surface area contributed by atoms with Crippen molar-refractivity contribution in [1.29, 1.82) is 0 Å². The van der Waals surface area contributed by atoms with Crippen LogP contribution < -0.4 is 5.32 Å². The van der Waals surface area contributed by atoms with Crippen LogP contribution in [0.1, 0.15) is 26.0 Å². The molecule has 0 saturated heterocycles. The molecule has 1 rings (SSSR count). The quantitative estimate of drug-likeness (QED) is 0.754. The lowest BCUT2D eigenvalue weighted by molar-refractivity contribution is -0.142. The van der Waals surface area contributed by atoms with Crippen molar-refractivity contribution in [3.05, 3.63) is 24.2 Å². The van der Waals surface area contributed by atoms with Crippen LogP contribution >= 0.6 is 0 Å². The first-order chi connectivity index (χ1) is 7.15. The third-order valence-electron chi connectivity index (χ3n) is 2.54. The molecule has 1 aromatic heterocycles. The predicted octanol–water partition coefficient (Wildman–Crippen LogP) is 1.87. The number of rotatable bonds is 6. The monoisotopic (exact) mass is 211 g/mol. The molecule has 0 aliphatic heterocycles. The van der Waals surface area contributed by atoms with Gasteiger partial charge in [-0.3, -0.25) is 4.79 Å². The molecule has 0 saturated carbocycles. The Balaban J connectivity index is 2.40. The third kappa shape index (κ3) is 3.40. The minimum absolute atomic E-state index is 0.0578. The number of aliphatic carboxylic acids is 1. The van der Waals surface area contributed by atoms with E-state index >= 15 is 0 Å². The first-order valence-electron chi connectivity index (χ1n) is 5.13. The van der Waals surface area contributed by atoms with Crippen LogP contribution in [0.3, 0.4) is 0 Å². The van der Waals surface area contributed by atoms with Crippen molar-refractivity contribution < 1.29 is 14.3 Å². The van der Waals surface area contributed by atoms with E-state index in [-0.39, 0.29) is 12.0 Å². The molecule has 0 radical (unpaired) electrons. The van der Waals surface area contributed by atoms with Gasteiger partial charge in [0.1, 0.15) is 5.76 Å². The molecule has 1 aromatic rings. The number of furan rings is 1. The summed E-state index contributed by atoms with van der Waals surface area (Å²) in [6.45, 7) is 4.33. The molecular formula is C11H17NO3. The minimum Gasteiger partial charge on any atom is -0.481 e. The highest BCUT2D eigenvalue weighted by atomic mass is 16.4. The molecule has 2 unspecified atom stereocenters. The molecule has 0 aromatic carbocycles. The maximum atomic E-state index is 10.9. The molecule has 1 heterocycles. The second-order valence-corrected chi connectivity index (χ2v) is 3.60. The molecule has 84 valence electrons. The van der Waals surface area contributed by atoms with E-state index in [0.29, 0.717) is 13.0 Å². The van der Waals surface area contributed by atoms with Crippen molar-refractivity contribution in [2.24, 2.45) is 5.92 Å². The first kappa shape index (κ1) is 11.8. The van der Waals surface area contributed by atoms with Crippen molar-refractivity contribution in [2.75, 3.05) is 0 Å². The summed E-state index contributed by atoms with van der Waals surface area (Å²) in [6, 6.07) is 3.62. The summed E-state index contributed by atoms with van der Waals surface area (Å²) in [4.78, 5) is 10.9. The third-order valence-corrected chi connectivity index (χ3v) is 2.54. The van der Waals surface area contributed by atoms with Gasteiger partial charge in [-0.15, -0.1) is 0 Å². The highest BCUT2D eigenvalue weighted by Gasteiger charge is 2.22. The second-order valence-electron chi connectivity index (χ2n) is 3.60. The molecule has 0 bridgehead atoms. The van der Waals surface area contributed by atoms with Crippen molar-refractivity contribution in [3.8, 4) is 0 Å². The van der Waals surface area contributed by atoms with Crippen molar-refractivity contribution >= 4 is 5.97 Å². The summed E-state index contributed by atoms with van der Waals surface area (Å²) in [5.41, 5.74) is 0. The highest BCUT2D eigenvalue weighted by molar-refractivity contribution is 5.70. The van der Waals surface area contributed by atoms with Gasteiger partial charge in [0.05, 0.1) is 18.7 Å². The number of carboxylic acid groups (broad SMARTS) is 1. The maximum absolute atomic E-state index is 10.9. The summed E-state index contributed by atoms with van der Waals surface area (Å²) >= 11 is 0. The summed E-state index contributed by atoms with van der Waals surface area (Å²) in [5.74, 6) is -0.279. The van der Waals surface area contributed by atoms with Crippen LogP contribution in [0.5, 0.6) is 0 Å².